The van der Waals surface area contributed by atoms with Crippen LogP contribution in [0.1, 0.15) is 35.3 Å². The van der Waals surface area contributed by atoms with E-state index in [2.05, 4.69) is 17.2 Å². The first-order valence-corrected chi connectivity index (χ1v) is 9.96. The van der Waals surface area contributed by atoms with Gasteiger partial charge in [-0.25, -0.2) is 4.79 Å². The molecule has 8 nitrogen and oxygen atoms in total. The first-order valence-electron chi connectivity index (χ1n) is 9.96. The van der Waals surface area contributed by atoms with Crippen LogP contribution in [0.25, 0.3) is 0 Å². The molecule has 0 saturated heterocycles. The zero-order valence-corrected chi connectivity index (χ0v) is 18.2. The Bertz CT molecular complexity index is 912. The molecule has 31 heavy (non-hydrogen) atoms. The average molecular weight is 427 g/mol. The Kier molecular flexibility index (Phi) is 8.90. The van der Waals surface area contributed by atoms with Gasteiger partial charge in [-0.15, -0.1) is 0 Å². The normalized spacial score (nSPS) is 10.3. The van der Waals surface area contributed by atoms with E-state index in [1.165, 1.54) is 6.92 Å². The quantitative estimate of drug-likeness (QED) is 0.289. The average Bonchev–Trinajstić information content (AvgIpc) is 2.77. The minimum absolute atomic E-state index is 0.0326. The molecule has 0 aliphatic heterocycles. The number of benzene rings is 2. The second-order valence-electron chi connectivity index (χ2n) is 6.90. The predicted octanol–water partition coefficient (Wildman–Crippen LogP) is 3.25. The van der Waals surface area contributed by atoms with E-state index in [0.717, 1.165) is 11.1 Å². The Hall–Kier alpha value is -3.52. The van der Waals surface area contributed by atoms with Gasteiger partial charge in [-0.2, -0.15) is 0 Å². The monoisotopic (exact) mass is 426 g/mol. The maximum Gasteiger partial charge on any atom is 0.315 e. The third-order valence-electron chi connectivity index (χ3n) is 4.59. The van der Waals surface area contributed by atoms with Gasteiger partial charge in [-0.3, -0.25) is 14.7 Å². The van der Waals surface area contributed by atoms with Crippen molar-refractivity contribution in [2.75, 3.05) is 25.9 Å². The van der Waals surface area contributed by atoms with E-state index in [0.29, 0.717) is 35.8 Å². The molecule has 4 N–H and O–H groups in total. The highest BCUT2D eigenvalue weighted by Gasteiger charge is 2.12. The van der Waals surface area contributed by atoms with Crippen molar-refractivity contribution in [2.45, 2.75) is 27.0 Å². The highest BCUT2D eigenvalue weighted by atomic mass is 16.7. The molecule has 0 radical (unpaired) electrons. The number of anilines is 1. The number of Topliss-reactive ketones (excluding diaryl/α,β-unsaturated/α-hetero) is 1. The van der Waals surface area contributed by atoms with Crippen molar-refractivity contribution in [3.8, 4) is 5.75 Å². The van der Waals surface area contributed by atoms with Gasteiger partial charge < -0.3 is 21.1 Å². The fraction of sp³-hybridized carbons (Fsp3) is 0.304. The van der Waals surface area contributed by atoms with Crippen LogP contribution in [0.2, 0.25) is 0 Å². The summed E-state index contributed by atoms with van der Waals surface area (Å²) in [5, 5.41) is 7.14. The summed E-state index contributed by atoms with van der Waals surface area (Å²) in [5.74, 6) is 0.599. The van der Waals surface area contributed by atoms with E-state index in [4.69, 9.17) is 15.3 Å². The van der Waals surface area contributed by atoms with Crippen LogP contribution in [0.4, 0.5) is 10.5 Å². The number of nitrogens with two attached hydrogens (primary N) is 1. The Morgan fingerprint density at radius 1 is 1.13 bits per heavy atom. The molecule has 2 rings (SSSR count). The first-order chi connectivity index (χ1) is 14.8. The third kappa shape index (κ3) is 7.35. The molecule has 0 aliphatic carbocycles. The smallest absolute Gasteiger partial charge is 0.315 e. The standard InChI is InChI=1S/C23H30N4O4/c1-5-27(31-15-20-12-19(17(3)28)8-11-22(20)30-4)16(2)13-25-23(29)26-14-18-6-9-21(24)10-7-18/h6-12H,2,5,13-15,24H2,1,3-4H3,(H2,25,26,29). The van der Waals surface area contributed by atoms with E-state index in [-0.39, 0.29) is 25.0 Å². The number of rotatable bonds is 11. The summed E-state index contributed by atoms with van der Waals surface area (Å²) in [6, 6.07) is 12.2. The number of nitrogens with zero attached hydrogens (tertiary/aromatic N) is 1. The highest BCUT2D eigenvalue weighted by Crippen LogP contribution is 2.22. The van der Waals surface area contributed by atoms with Gasteiger partial charge in [-0.1, -0.05) is 18.7 Å². The molecule has 0 saturated carbocycles. The van der Waals surface area contributed by atoms with Crippen LogP contribution in [-0.4, -0.2) is 37.1 Å². The molecule has 0 aromatic heterocycles. The minimum atomic E-state index is -0.315. The Balaban J connectivity index is 1.85. The van der Waals surface area contributed by atoms with E-state index in [1.54, 1.807) is 42.5 Å². The topological polar surface area (TPSA) is 106 Å². The van der Waals surface area contributed by atoms with E-state index < -0.39 is 0 Å². The second kappa shape index (κ2) is 11.6. The number of urea groups is 1. The zero-order valence-electron chi connectivity index (χ0n) is 18.2. The summed E-state index contributed by atoms with van der Waals surface area (Å²) in [7, 11) is 1.57. The van der Waals surface area contributed by atoms with Crippen LogP contribution in [0, 0.1) is 0 Å². The second-order valence-corrected chi connectivity index (χ2v) is 6.90. The van der Waals surface area contributed by atoms with Crippen LogP contribution in [-0.2, 0) is 18.0 Å². The fourth-order valence-corrected chi connectivity index (χ4v) is 2.81. The van der Waals surface area contributed by atoms with Crippen LogP contribution in [0.15, 0.2) is 54.7 Å². The van der Waals surface area contributed by atoms with Gasteiger partial charge in [0.1, 0.15) is 12.4 Å². The summed E-state index contributed by atoms with van der Waals surface area (Å²) in [6.07, 6.45) is 0. The molecular formula is C23H30N4O4. The molecule has 8 heteroatoms. The van der Waals surface area contributed by atoms with Gasteiger partial charge in [0.05, 0.1) is 19.4 Å². The number of nitrogen functional groups attached to an aromatic ring is 1. The number of ether oxygens (including phenoxy) is 1. The molecule has 166 valence electrons. The molecule has 0 bridgehead atoms. The van der Waals surface area contributed by atoms with Crippen LogP contribution in [0.3, 0.4) is 0 Å². The van der Waals surface area contributed by atoms with Crippen molar-refractivity contribution in [2.24, 2.45) is 0 Å². The number of hydrogen-bond acceptors (Lipinski definition) is 6. The summed E-state index contributed by atoms with van der Waals surface area (Å²) in [4.78, 5) is 29.6. The molecule has 0 aliphatic rings. The van der Waals surface area contributed by atoms with Crippen LogP contribution >= 0.6 is 0 Å². The number of hydroxylamine groups is 2. The Morgan fingerprint density at radius 2 is 1.84 bits per heavy atom. The molecule has 0 atom stereocenters. The van der Waals surface area contributed by atoms with Crippen molar-refractivity contribution in [3.63, 3.8) is 0 Å². The molecule has 0 unspecified atom stereocenters. The minimum Gasteiger partial charge on any atom is -0.496 e. The summed E-state index contributed by atoms with van der Waals surface area (Å²) in [5.41, 5.74) is 9.20. The van der Waals surface area contributed by atoms with Crippen molar-refractivity contribution in [1.82, 2.24) is 15.7 Å². The maximum atomic E-state index is 12.1. The molecule has 0 heterocycles. The van der Waals surface area contributed by atoms with Crippen molar-refractivity contribution >= 4 is 17.5 Å². The summed E-state index contributed by atoms with van der Waals surface area (Å²) >= 11 is 0. The molecular weight excluding hydrogens is 396 g/mol. The Morgan fingerprint density at radius 3 is 2.45 bits per heavy atom. The van der Waals surface area contributed by atoms with Gasteiger partial charge in [0.15, 0.2) is 5.78 Å². The zero-order chi connectivity index (χ0) is 22.8. The predicted molar refractivity (Wildman–Crippen MR) is 120 cm³/mol. The first kappa shape index (κ1) is 23.8. The molecule has 2 amide bonds. The number of carbonyl (C=O) groups is 2. The van der Waals surface area contributed by atoms with E-state index >= 15 is 0 Å². The fourth-order valence-electron chi connectivity index (χ4n) is 2.81. The lowest BCUT2D eigenvalue weighted by atomic mass is 10.1. The van der Waals surface area contributed by atoms with E-state index in [9.17, 15) is 9.59 Å². The third-order valence-corrected chi connectivity index (χ3v) is 4.59. The lowest BCUT2D eigenvalue weighted by molar-refractivity contribution is -0.140. The lowest BCUT2D eigenvalue weighted by Gasteiger charge is -2.25. The van der Waals surface area contributed by atoms with Gasteiger partial charge in [0, 0.05) is 29.9 Å². The summed E-state index contributed by atoms with van der Waals surface area (Å²) in [6.45, 7) is 8.74. The van der Waals surface area contributed by atoms with Crippen LogP contribution < -0.4 is 21.1 Å². The maximum absolute atomic E-state index is 12.1. The van der Waals surface area contributed by atoms with Gasteiger partial charge in [0.2, 0.25) is 0 Å². The highest BCUT2D eigenvalue weighted by molar-refractivity contribution is 5.94. The molecule has 2 aromatic carbocycles. The molecule has 0 spiro atoms. The number of nitrogens with one attached hydrogen (secondary N) is 2. The van der Waals surface area contributed by atoms with Crippen molar-refractivity contribution in [3.05, 3.63) is 71.4 Å². The number of amides is 2. The molecule has 0 fully saturated rings. The van der Waals surface area contributed by atoms with Gasteiger partial charge in [0.25, 0.3) is 0 Å². The van der Waals surface area contributed by atoms with Gasteiger partial charge in [-0.05, 0) is 49.7 Å². The number of ketones is 1. The number of methoxy groups -OCH3 is 1. The van der Waals surface area contributed by atoms with Crippen molar-refractivity contribution < 1.29 is 19.2 Å². The summed E-state index contributed by atoms with van der Waals surface area (Å²) < 4.78 is 5.35. The lowest BCUT2D eigenvalue weighted by Crippen LogP contribution is -2.38. The SMILES string of the molecule is C=C(CNC(=O)NCc1ccc(N)cc1)N(CC)OCc1cc(C(C)=O)ccc1OC. The number of hydrogen-bond donors (Lipinski definition) is 3. The van der Waals surface area contributed by atoms with Crippen LogP contribution in [0.5, 0.6) is 5.75 Å². The number of likely N-dealkylation sites (N-methyl/N-ethyl adjacent to an activating group) is 1. The van der Waals surface area contributed by atoms with E-state index in [1.807, 2.05) is 19.1 Å². The Labute approximate surface area is 183 Å². The largest absolute Gasteiger partial charge is 0.496 e. The van der Waals surface area contributed by atoms with Gasteiger partial charge >= 0.3 is 6.03 Å². The number of carbonyl (C=O) groups excluding carboxylic acids is 2. The molecule has 2 aromatic rings. The van der Waals surface area contributed by atoms with Crippen molar-refractivity contribution in [1.29, 1.82) is 0 Å².